The van der Waals surface area contributed by atoms with Crippen LogP contribution in [0, 0.1) is 6.92 Å². The van der Waals surface area contributed by atoms with Crippen LogP contribution < -0.4 is 11.2 Å². The highest BCUT2D eigenvalue weighted by Crippen LogP contribution is 2.19. The summed E-state index contributed by atoms with van der Waals surface area (Å²) >= 11 is 6.26. The Kier molecular flexibility index (Phi) is 4.90. The third-order valence-electron chi connectivity index (χ3n) is 2.87. The number of carbonyl (C=O) groups excluding carboxylic acids is 2. The van der Waals surface area contributed by atoms with Crippen molar-refractivity contribution in [2.45, 2.75) is 13.5 Å². The van der Waals surface area contributed by atoms with Crippen LogP contribution in [0.1, 0.15) is 16.8 Å². The van der Waals surface area contributed by atoms with Crippen molar-refractivity contribution in [1.29, 1.82) is 0 Å². The molecule has 0 radical (unpaired) electrons. The predicted octanol–water partition coefficient (Wildman–Crippen LogP) is 0.829. The average Bonchev–Trinajstić information content (AvgIpc) is 2.75. The lowest BCUT2D eigenvalue weighted by Crippen LogP contribution is -2.32. The van der Waals surface area contributed by atoms with Gasteiger partial charge in [0.25, 0.3) is 0 Å². The minimum absolute atomic E-state index is 0.387. The summed E-state index contributed by atoms with van der Waals surface area (Å²) in [5, 5.41) is 8.36. The zero-order chi connectivity index (χ0) is 16.1. The molecule has 1 heterocycles. The van der Waals surface area contributed by atoms with Crippen LogP contribution in [0.25, 0.3) is 0 Å². The van der Waals surface area contributed by atoms with Crippen LogP contribution in [0.2, 0.25) is 5.15 Å². The molecule has 7 nitrogen and oxygen atoms in total. The normalized spacial score (nSPS) is 10.8. The maximum atomic E-state index is 11.0. The van der Waals surface area contributed by atoms with E-state index in [2.05, 4.69) is 10.2 Å². The lowest BCUT2D eigenvalue weighted by atomic mass is 10.2. The summed E-state index contributed by atoms with van der Waals surface area (Å²) in [4.78, 5) is 21.6. The minimum atomic E-state index is -1.11. The van der Waals surface area contributed by atoms with Crippen molar-refractivity contribution in [2.24, 2.45) is 10.8 Å². The summed E-state index contributed by atoms with van der Waals surface area (Å²) in [7, 11) is 0. The molecule has 22 heavy (non-hydrogen) atoms. The molecule has 0 bridgehead atoms. The molecular formula is C14H14ClN5O2. The molecule has 0 saturated carbocycles. The van der Waals surface area contributed by atoms with Crippen molar-refractivity contribution in [3.8, 4) is 0 Å². The Bertz CT molecular complexity index is 724. The molecule has 8 heteroatoms. The van der Waals surface area contributed by atoms with Gasteiger partial charge in [-0.2, -0.15) is 10.2 Å². The van der Waals surface area contributed by atoms with Crippen molar-refractivity contribution in [1.82, 2.24) is 15.2 Å². The number of carbonyl (C=O) groups is 2. The number of aryl methyl sites for hydroxylation is 1. The summed E-state index contributed by atoms with van der Waals surface area (Å²) in [6.07, 6.45) is 1.33. The number of amides is 2. The molecule has 0 aliphatic carbocycles. The van der Waals surface area contributed by atoms with E-state index in [0.29, 0.717) is 23.0 Å². The van der Waals surface area contributed by atoms with Gasteiger partial charge in [-0.25, -0.2) is 10.1 Å². The Balaban J connectivity index is 2.15. The van der Waals surface area contributed by atoms with Gasteiger partial charge in [0.05, 0.1) is 24.0 Å². The lowest BCUT2D eigenvalue weighted by molar-refractivity contribution is -0.137. The topological polar surface area (TPSA) is 102 Å². The first kappa shape index (κ1) is 15.7. The SMILES string of the molecule is Cc1nn(Cc2ccccc2)c(Cl)c1C=NNC(=O)C(N)=O. The molecule has 2 rings (SSSR count). The fourth-order valence-corrected chi connectivity index (χ4v) is 2.07. The first-order valence-electron chi connectivity index (χ1n) is 6.38. The van der Waals surface area contributed by atoms with E-state index < -0.39 is 11.8 Å². The number of nitrogens with one attached hydrogen (secondary N) is 1. The molecule has 0 spiro atoms. The van der Waals surface area contributed by atoms with E-state index in [-0.39, 0.29) is 0 Å². The van der Waals surface area contributed by atoms with Crippen molar-refractivity contribution < 1.29 is 9.59 Å². The molecule has 0 aliphatic rings. The fraction of sp³-hybridized carbons (Fsp3) is 0.143. The van der Waals surface area contributed by atoms with Crippen molar-refractivity contribution in [3.63, 3.8) is 0 Å². The van der Waals surface area contributed by atoms with Gasteiger partial charge >= 0.3 is 11.8 Å². The Morgan fingerprint density at radius 3 is 2.73 bits per heavy atom. The highest BCUT2D eigenvalue weighted by atomic mass is 35.5. The number of nitrogens with two attached hydrogens (primary N) is 1. The molecular weight excluding hydrogens is 306 g/mol. The van der Waals surface area contributed by atoms with Crippen molar-refractivity contribution in [3.05, 3.63) is 52.3 Å². The lowest BCUT2D eigenvalue weighted by Gasteiger charge is -2.03. The van der Waals surface area contributed by atoms with Crippen LogP contribution in [-0.2, 0) is 16.1 Å². The quantitative estimate of drug-likeness (QED) is 0.495. The molecule has 0 aliphatic heterocycles. The third kappa shape index (κ3) is 3.70. The van der Waals surface area contributed by atoms with Gasteiger partial charge < -0.3 is 5.73 Å². The number of hydrazone groups is 1. The van der Waals surface area contributed by atoms with Gasteiger partial charge in [-0.05, 0) is 12.5 Å². The molecule has 3 N–H and O–H groups in total. The summed E-state index contributed by atoms with van der Waals surface area (Å²) < 4.78 is 1.63. The van der Waals surface area contributed by atoms with Crippen LogP contribution in [0.15, 0.2) is 35.4 Å². The van der Waals surface area contributed by atoms with E-state index in [0.717, 1.165) is 5.56 Å². The van der Waals surface area contributed by atoms with Crippen LogP contribution in [-0.4, -0.2) is 27.8 Å². The number of nitrogens with zero attached hydrogens (tertiary/aromatic N) is 3. The van der Waals surface area contributed by atoms with E-state index in [1.54, 1.807) is 11.6 Å². The monoisotopic (exact) mass is 319 g/mol. The molecule has 114 valence electrons. The van der Waals surface area contributed by atoms with E-state index in [1.807, 2.05) is 35.8 Å². The molecule has 1 aromatic heterocycles. The molecule has 0 fully saturated rings. The Morgan fingerprint density at radius 1 is 1.41 bits per heavy atom. The van der Waals surface area contributed by atoms with E-state index in [9.17, 15) is 9.59 Å². The van der Waals surface area contributed by atoms with Crippen LogP contribution in [0.3, 0.4) is 0 Å². The first-order chi connectivity index (χ1) is 10.5. The molecule has 0 atom stereocenters. The molecule has 0 unspecified atom stereocenters. The van der Waals surface area contributed by atoms with Crippen molar-refractivity contribution >= 4 is 29.6 Å². The number of hydrogen-bond donors (Lipinski definition) is 2. The van der Waals surface area contributed by atoms with Gasteiger partial charge in [0.1, 0.15) is 5.15 Å². The van der Waals surface area contributed by atoms with Gasteiger partial charge in [0.2, 0.25) is 0 Å². The van der Waals surface area contributed by atoms with Crippen molar-refractivity contribution in [2.75, 3.05) is 0 Å². The van der Waals surface area contributed by atoms with Crippen LogP contribution in [0.4, 0.5) is 0 Å². The minimum Gasteiger partial charge on any atom is -0.361 e. The number of primary amides is 1. The number of benzene rings is 1. The second-order valence-electron chi connectivity index (χ2n) is 4.50. The predicted molar refractivity (Wildman–Crippen MR) is 82.4 cm³/mol. The Hall–Kier alpha value is -2.67. The molecule has 0 saturated heterocycles. The van der Waals surface area contributed by atoms with E-state index in [1.165, 1.54) is 6.21 Å². The van der Waals surface area contributed by atoms with Gasteiger partial charge in [-0.3, -0.25) is 9.59 Å². The number of halogens is 1. The molecule has 1 aromatic carbocycles. The maximum absolute atomic E-state index is 11.0. The largest absolute Gasteiger partial charge is 0.361 e. The van der Waals surface area contributed by atoms with Crippen LogP contribution in [0.5, 0.6) is 0 Å². The Labute approximate surface area is 131 Å². The number of rotatable bonds is 4. The number of hydrogen-bond acceptors (Lipinski definition) is 4. The summed E-state index contributed by atoms with van der Waals surface area (Å²) in [6.45, 7) is 2.28. The van der Waals surface area contributed by atoms with Gasteiger partial charge in [-0.1, -0.05) is 41.9 Å². The smallest absolute Gasteiger partial charge is 0.329 e. The summed E-state index contributed by atoms with van der Waals surface area (Å²) in [5.74, 6) is -2.11. The average molecular weight is 320 g/mol. The zero-order valence-corrected chi connectivity index (χ0v) is 12.5. The maximum Gasteiger partial charge on any atom is 0.329 e. The highest BCUT2D eigenvalue weighted by molar-refractivity contribution is 6.34. The Morgan fingerprint density at radius 2 is 2.09 bits per heavy atom. The van der Waals surface area contributed by atoms with Crippen LogP contribution >= 0.6 is 11.6 Å². The first-order valence-corrected chi connectivity index (χ1v) is 6.76. The second kappa shape index (κ2) is 6.86. The van der Waals surface area contributed by atoms with Gasteiger partial charge in [0, 0.05) is 0 Å². The second-order valence-corrected chi connectivity index (χ2v) is 4.85. The van der Waals surface area contributed by atoms with E-state index in [4.69, 9.17) is 17.3 Å². The fourth-order valence-electron chi connectivity index (χ4n) is 1.79. The molecule has 2 amide bonds. The zero-order valence-electron chi connectivity index (χ0n) is 11.8. The number of aromatic nitrogens is 2. The summed E-state index contributed by atoms with van der Waals surface area (Å²) in [5.41, 5.74) is 9.06. The highest BCUT2D eigenvalue weighted by Gasteiger charge is 2.12. The van der Waals surface area contributed by atoms with E-state index >= 15 is 0 Å². The van der Waals surface area contributed by atoms with Gasteiger partial charge in [0.15, 0.2) is 0 Å². The standard InChI is InChI=1S/C14H14ClN5O2/c1-9-11(7-17-18-14(22)13(16)21)12(15)20(19-9)8-10-5-3-2-4-6-10/h2-7H,8H2,1H3,(H2,16,21)(H,18,22). The van der Waals surface area contributed by atoms with Gasteiger partial charge in [-0.15, -0.1) is 0 Å². The third-order valence-corrected chi connectivity index (χ3v) is 3.27. The summed E-state index contributed by atoms with van der Waals surface area (Å²) in [6, 6.07) is 9.73. The molecule has 2 aromatic rings.